The Balaban J connectivity index is 2.37. The Morgan fingerprint density at radius 2 is 1.93 bits per heavy atom. The number of aliphatic hydroxyl groups excluding tert-OH is 2. The van der Waals surface area contributed by atoms with Crippen molar-refractivity contribution in [2.75, 3.05) is 5.32 Å². The first-order valence-electron chi connectivity index (χ1n) is 9.74. The van der Waals surface area contributed by atoms with Crippen LogP contribution < -0.4 is 11.0 Å². The number of carbonyl (C=O) groups excluding carboxylic acids is 2. The highest BCUT2D eigenvalue weighted by Crippen LogP contribution is 2.39. The van der Waals surface area contributed by atoms with Gasteiger partial charge in [0.1, 0.15) is 24.6 Å². The van der Waals surface area contributed by atoms with Crippen molar-refractivity contribution in [3.05, 3.63) is 22.2 Å². The van der Waals surface area contributed by atoms with Crippen LogP contribution in [0.15, 0.2) is 11.0 Å². The molecule has 1 aromatic rings. The number of esters is 1. The zero-order chi connectivity index (χ0) is 22.6. The van der Waals surface area contributed by atoms with Gasteiger partial charge in [0, 0.05) is 29.0 Å². The highest BCUT2D eigenvalue weighted by atomic mass is 127. The molecule has 1 aliphatic heterocycles. The molecule has 0 radical (unpaired) electrons. The molecule has 1 unspecified atom stereocenters. The number of nitrogens with zero attached hydrogens (tertiary/aromatic N) is 2. The normalized spacial score (nSPS) is 24.0. The molecule has 3 N–H and O–H groups in total. The second-order valence-corrected chi connectivity index (χ2v) is 9.66. The molecule has 1 saturated heterocycles. The largest absolute Gasteiger partial charge is 0.461 e. The first-order valence-corrected chi connectivity index (χ1v) is 10.8. The van der Waals surface area contributed by atoms with Crippen LogP contribution in [-0.4, -0.2) is 53.4 Å². The van der Waals surface area contributed by atoms with Gasteiger partial charge < -0.3 is 25.0 Å². The number of halogens is 1. The van der Waals surface area contributed by atoms with Crippen LogP contribution in [0.2, 0.25) is 0 Å². The van der Waals surface area contributed by atoms with Gasteiger partial charge >= 0.3 is 11.7 Å². The number of aliphatic hydroxyl groups is 2. The van der Waals surface area contributed by atoms with Crippen LogP contribution in [0.4, 0.5) is 5.82 Å². The number of ether oxygens (including phenoxy) is 2. The van der Waals surface area contributed by atoms with E-state index in [-0.39, 0.29) is 21.4 Å². The number of amides is 1. The van der Waals surface area contributed by atoms with Gasteiger partial charge in [-0.15, -0.1) is 0 Å². The summed E-state index contributed by atoms with van der Waals surface area (Å²) in [6, 6.07) is 0. The Morgan fingerprint density at radius 3 is 2.47 bits per heavy atom. The van der Waals surface area contributed by atoms with E-state index >= 15 is 0 Å². The topological polar surface area (TPSA) is 140 Å². The van der Waals surface area contributed by atoms with Crippen LogP contribution in [0.1, 0.15) is 58.7 Å². The Kier molecular flexibility index (Phi) is 8.36. The van der Waals surface area contributed by atoms with Crippen LogP contribution in [0.25, 0.3) is 0 Å². The molecule has 2 rings (SSSR count). The smallest absolute Gasteiger partial charge is 0.351 e. The summed E-state index contributed by atoms with van der Waals surface area (Å²) in [4.78, 5) is 39.0. The Labute approximate surface area is 188 Å². The van der Waals surface area contributed by atoms with E-state index in [1.54, 1.807) is 0 Å². The number of carbonyl (C=O) groups is 2. The molecule has 1 fully saturated rings. The molecule has 168 valence electrons. The first-order chi connectivity index (χ1) is 14.0. The van der Waals surface area contributed by atoms with Crippen molar-refractivity contribution in [1.29, 1.82) is 0 Å². The second-order valence-electron chi connectivity index (χ2n) is 7.37. The summed E-state index contributed by atoms with van der Waals surface area (Å²) in [6.45, 7) is 6.33. The molecule has 30 heavy (non-hydrogen) atoms. The zero-order valence-corrected chi connectivity index (χ0v) is 19.6. The van der Waals surface area contributed by atoms with Gasteiger partial charge in [0.2, 0.25) is 5.91 Å². The fourth-order valence-electron chi connectivity index (χ4n) is 3.28. The first kappa shape index (κ1) is 24.7. The highest BCUT2D eigenvalue weighted by molar-refractivity contribution is 14.1. The maximum Gasteiger partial charge on any atom is 0.351 e. The summed E-state index contributed by atoms with van der Waals surface area (Å²) in [5.41, 5.74) is -0.534. The Hall–Kier alpha value is -1.57. The van der Waals surface area contributed by atoms with Crippen molar-refractivity contribution < 1.29 is 29.3 Å². The number of nitrogens with one attached hydrogen (secondary N) is 1. The van der Waals surface area contributed by atoms with Crippen LogP contribution in [0.3, 0.4) is 0 Å². The summed E-state index contributed by atoms with van der Waals surface area (Å²) in [5, 5.41) is 23.5. The minimum Gasteiger partial charge on any atom is -0.461 e. The summed E-state index contributed by atoms with van der Waals surface area (Å²) >= 11 is 2.33. The van der Waals surface area contributed by atoms with Gasteiger partial charge in [0.05, 0.1) is 6.10 Å². The molecule has 4 atom stereocenters. The summed E-state index contributed by atoms with van der Waals surface area (Å²) in [5.74, 6) is -1.04. The zero-order valence-electron chi connectivity index (χ0n) is 17.4. The van der Waals surface area contributed by atoms with E-state index in [2.05, 4.69) is 32.9 Å². The number of anilines is 1. The van der Waals surface area contributed by atoms with E-state index in [1.165, 1.54) is 20.0 Å². The van der Waals surface area contributed by atoms with E-state index in [1.807, 2.05) is 13.8 Å². The lowest BCUT2D eigenvalue weighted by Crippen LogP contribution is -2.37. The molecule has 1 aliphatic rings. The standard InChI is InChI=1S/C19H28IN3O7/c1-5-19(20,6-2)7-13-14(26)15(27)17(30-13)23-8-12(9-29-11(4)25)16(21-10(3)24)22-18(23)28/h8,13-15,17,26-27H,5-7,9H2,1-4H3,(H,21,22,24,28)/t13-,14-,15-,17?/m1/s1. The predicted molar refractivity (Wildman–Crippen MR) is 116 cm³/mol. The van der Waals surface area contributed by atoms with Crippen molar-refractivity contribution in [2.24, 2.45) is 0 Å². The van der Waals surface area contributed by atoms with Crippen LogP contribution >= 0.6 is 22.6 Å². The summed E-state index contributed by atoms with van der Waals surface area (Å²) in [6.07, 6.45) is -0.834. The molecule has 11 heteroatoms. The fourth-order valence-corrected chi connectivity index (χ4v) is 3.71. The van der Waals surface area contributed by atoms with Gasteiger partial charge in [0.15, 0.2) is 6.23 Å². The quantitative estimate of drug-likeness (QED) is 0.256. The Bertz CT molecular complexity index is 840. The third kappa shape index (κ3) is 5.77. The molecular formula is C19H28IN3O7. The van der Waals surface area contributed by atoms with Crippen LogP contribution in [-0.2, 0) is 25.7 Å². The molecule has 10 nitrogen and oxygen atoms in total. The molecule has 0 aromatic carbocycles. The predicted octanol–water partition coefficient (Wildman–Crippen LogP) is 1.27. The maximum atomic E-state index is 12.6. The molecule has 1 aromatic heterocycles. The molecule has 2 heterocycles. The minimum atomic E-state index is -1.35. The van der Waals surface area contributed by atoms with E-state index in [0.717, 1.165) is 17.4 Å². The van der Waals surface area contributed by atoms with Crippen molar-refractivity contribution in [3.63, 3.8) is 0 Å². The van der Waals surface area contributed by atoms with Gasteiger partial charge in [-0.2, -0.15) is 4.98 Å². The van der Waals surface area contributed by atoms with Crippen molar-refractivity contribution >= 4 is 40.3 Å². The fraction of sp³-hybridized carbons (Fsp3) is 0.684. The minimum absolute atomic E-state index is 0.0437. The molecule has 0 saturated carbocycles. The van der Waals surface area contributed by atoms with E-state index in [0.29, 0.717) is 6.42 Å². The van der Waals surface area contributed by atoms with Gasteiger partial charge in [-0.05, 0) is 19.3 Å². The monoisotopic (exact) mass is 537 g/mol. The third-order valence-electron chi connectivity index (χ3n) is 5.20. The maximum absolute atomic E-state index is 12.6. The summed E-state index contributed by atoms with van der Waals surface area (Å²) in [7, 11) is 0. The third-order valence-corrected chi connectivity index (χ3v) is 7.16. The lowest BCUT2D eigenvalue weighted by atomic mass is 9.93. The average molecular weight is 537 g/mol. The van der Waals surface area contributed by atoms with E-state index < -0.39 is 42.1 Å². The van der Waals surface area contributed by atoms with Crippen molar-refractivity contribution in [1.82, 2.24) is 9.55 Å². The van der Waals surface area contributed by atoms with Crippen LogP contribution in [0, 0.1) is 0 Å². The lowest BCUT2D eigenvalue weighted by molar-refractivity contribution is -0.142. The highest BCUT2D eigenvalue weighted by Gasteiger charge is 2.46. The number of aromatic nitrogens is 2. The van der Waals surface area contributed by atoms with Gasteiger partial charge in [-0.3, -0.25) is 14.2 Å². The Morgan fingerprint density at radius 1 is 1.30 bits per heavy atom. The lowest BCUT2D eigenvalue weighted by Gasteiger charge is -2.28. The van der Waals surface area contributed by atoms with Gasteiger partial charge in [-0.25, -0.2) is 4.79 Å². The number of alkyl halides is 1. The molecule has 0 bridgehead atoms. The number of rotatable bonds is 8. The van der Waals surface area contributed by atoms with Gasteiger partial charge in [-0.1, -0.05) is 36.4 Å². The van der Waals surface area contributed by atoms with Crippen molar-refractivity contribution in [3.8, 4) is 0 Å². The number of hydrogen-bond acceptors (Lipinski definition) is 8. The average Bonchev–Trinajstić information content (AvgIpc) is 2.94. The number of hydrogen-bond donors (Lipinski definition) is 3. The van der Waals surface area contributed by atoms with E-state index in [4.69, 9.17) is 9.47 Å². The van der Waals surface area contributed by atoms with Crippen molar-refractivity contribution in [2.45, 2.75) is 81.5 Å². The van der Waals surface area contributed by atoms with Gasteiger partial charge in [0.25, 0.3) is 0 Å². The van der Waals surface area contributed by atoms with E-state index in [9.17, 15) is 24.6 Å². The molecule has 1 amide bonds. The molecular weight excluding hydrogens is 509 g/mol. The molecule has 0 spiro atoms. The molecule has 0 aliphatic carbocycles. The SMILES string of the molecule is CCC(I)(CC)C[C@H]1OC(n2cc(COC(C)=O)c(NC(C)=O)nc2=O)[C@H](O)[C@@H]1O. The second kappa shape index (κ2) is 10.2. The van der Waals surface area contributed by atoms with Crippen LogP contribution in [0.5, 0.6) is 0 Å². The summed E-state index contributed by atoms with van der Waals surface area (Å²) < 4.78 is 11.8.